The molecule has 14 heteroatoms. The molecule has 0 bridgehead atoms. The minimum Gasteiger partial charge on any atom is -0.491 e. The number of amides is 4. The van der Waals surface area contributed by atoms with Crippen LogP contribution in [0.1, 0.15) is 66.0 Å². The van der Waals surface area contributed by atoms with E-state index in [0.717, 1.165) is 10.5 Å². The lowest BCUT2D eigenvalue weighted by Gasteiger charge is -2.46. The zero-order valence-corrected chi connectivity index (χ0v) is 35.6. The Bertz CT molecular complexity index is 2490. The molecule has 330 valence electrons. The highest BCUT2D eigenvalue weighted by Gasteiger charge is 2.75. The number of methoxy groups -OCH3 is 1. The van der Waals surface area contributed by atoms with E-state index in [1.54, 1.807) is 92.7 Å². The molecule has 2 fully saturated rings. The van der Waals surface area contributed by atoms with Gasteiger partial charge in [-0.3, -0.25) is 19.3 Å². The van der Waals surface area contributed by atoms with Crippen molar-refractivity contribution in [1.82, 2.24) is 15.5 Å². The van der Waals surface area contributed by atoms with E-state index in [0.29, 0.717) is 22.4 Å². The number of fused-ring (bicyclic) bond motifs is 3. The number of hydrogen-bond donors (Lipinski definition) is 4. The van der Waals surface area contributed by atoms with E-state index in [2.05, 4.69) is 10.6 Å². The molecule has 5 aromatic rings. The third-order valence-electron chi connectivity index (χ3n) is 12.5. The van der Waals surface area contributed by atoms with E-state index in [9.17, 15) is 19.8 Å². The van der Waals surface area contributed by atoms with Crippen molar-refractivity contribution in [2.24, 2.45) is 11.8 Å². The number of aliphatic hydroxyl groups excluding tert-OH is 2. The summed E-state index contributed by atoms with van der Waals surface area (Å²) in [4.78, 5) is 77.5. The van der Waals surface area contributed by atoms with Crippen LogP contribution in [0.25, 0.3) is 0 Å². The van der Waals surface area contributed by atoms with Gasteiger partial charge in [0.1, 0.15) is 36.0 Å². The van der Waals surface area contributed by atoms with Crippen molar-refractivity contribution in [2.75, 3.05) is 31.8 Å². The minimum absolute atomic E-state index is 0.0253. The Kier molecular flexibility index (Phi) is 12.6. The quantitative estimate of drug-likeness (QED) is 0.110. The van der Waals surface area contributed by atoms with Crippen molar-refractivity contribution in [2.45, 2.75) is 55.6 Å². The number of carbonyl (C=O) groups is 5. The first-order valence-corrected chi connectivity index (χ1v) is 21.3. The summed E-state index contributed by atoms with van der Waals surface area (Å²) >= 11 is 0. The van der Waals surface area contributed by atoms with Gasteiger partial charge in [-0.25, -0.2) is 14.5 Å². The molecule has 14 nitrogen and oxygen atoms in total. The Morgan fingerprint density at radius 2 is 1.39 bits per heavy atom. The van der Waals surface area contributed by atoms with Crippen LogP contribution in [0.3, 0.4) is 0 Å². The fourth-order valence-corrected chi connectivity index (χ4v) is 9.70. The Morgan fingerprint density at radius 3 is 2.02 bits per heavy atom. The number of esters is 2. The van der Waals surface area contributed by atoms with Crippen molar-refractivity contribution >= 4 is 35.5 Å². The number of para-hydroxylation sites is 1. The topological polar surface area (TPSA) is 184 Å². The van der Waals surface area contributed by atoms with Crippen molar-refractivity contribution in [3.8, 4) is 5.75 Å². The van der Waals surface area contributed by atoms with E-state index < -0.39 is 83.4 Å². The fraction of sp³-hybridized carbons (Fsp3) is 0.300. The first-order valence-electron chi connectivity index (χ1n) is 21.3. The molecule has 2 saturated heterocycles. The molecule has 0 unspecified atom stereocenters. The second-order valence-corrected chi connectivity index (χ2v) is 16.4. The molecule has 8 atom stereocenters. The van der Waals surface area contributed by atoms with Gasteiger partial charge in [-0.2, -0.15) is 0 Å². The average molecular weight is 867 g/mol. The van der Waals surface area contributed by atoms with Gasteiger partial charge < -0.3 is 35.1 Å². The van der Waals surface area contributed by atoms with Gasteiger partial charge in [-0.1, -0.05) is 135 Å². The number of hydrogen-bond acceptors (Lipinski definition) is 11. The smallest absolute Gasteiger partial charge is 0.329 e. The van der Waals surface area contributed by atoms with Crippen LogP contribution >= 0.6 is 0 Å². The summed E-state index contributed by atoms with van der Waals surface area (Å²) < 4.78 is 17.3. The molecular formula is C50H50N4O10. The zero-order valence-electron chi connectivity index (χ0n) is 35.6. The second-order valence-electron chi connectivity index (χ2n) is 16.4. The predicted molar refractivity (Wildman–Crippen MR) is 235 cm³/mol. The summed E-state index contributed by atoms with van der Waals surface area (Å²) in [7, 11) is 1.21. The normalized spacial score (nSPS) is 23.5. The fourth-order valence-electron chi connectivity index (χ4n) is 9.70. The SMILES string of the molecule is COC(=O)[C@@H](NC(=O)N1C(=O)[C@@]2(c3ccccc31)[C@H](C(=O)NC[C@H](O)c1ccccc1)[C@H]1C(=O)O[C@H](c3ccccc3)[C@H](c3ccccc3)N1[C@@H]2c1ccc(OCCO)cc1)C(C)C. The molecule has 64 heavy (non-hydrogen) atoms. The van der Waals surface area contributed by atoms with Crippen molar-refractivity contribution < 1.29 is 48.4 Å². The molecule has 3 heterocycles. The van der Waals surface area contributed by atoms with Crippen LogP contribution < -0.4 is 20.3 Å². The molecule has 3 aliphatic heterocycles. The number of morpholine rings is 1. The highest BCUT2D eigenvalue weighted by Crippen LogP contribution is 2.65. The van der Waals surface area contributed by atoms with Gasteiger partial charge in [0.25, 0.3) is 0 Å². The number of carbonyl (C=O) groups excluding carboxylic acids is 5. The Hall–Kier alpha value is -6.87. The summed E-state index contributed by atoms with van der Waals surface area (Å²) in [6, 6.07) is 35.4. The second kappa shape index (κ2) is 18.5. The maximum atomic E-state index is 16.2. The summed E-state index contributed by atoms with van der Waals surface area (Å²) in [5, 5.41) is 26.5. The van der Waals surface area contributed by atoms with Gasteiger partial charge >= 0.3 is 18.0 Å². The molecule has 0 aromatic heterocycles. The number of anilines is 1. The number of benzene rings is 5. The van der Waals surface area contributed by atoms with Crippen LogP contribution in [0.2, 0.25) is 0 Å². The molecule has 4 N–H and O–H groups in total. The van der Waals surface area contributed by atoms with Gasteiger partial charge in [0, 0.05) is 6.54 Å². The van der Waals surface area contributed by atoms with E-state index >= 15 is 14.4 Å². The average Bonchev–Trinajstić information content (AvgIpc) is 3.78. The van der Waals surface area contributed by atoms with Crippen LogP contribution in [-0.4, -0.2) is 83.8 Å². The van der Waals surface area contributed by atoms with Gasteiger partial charge in [-0.15, -0.1) is 0 Å². The van der Waals surface area contributed by atoms with Crippen LogP contribution in [0.4, 0.5) is 10.5 Å². The van der Waals surface area contributed by atoms with Gasteiger partial charge in [0.05, 0.1) is 43.5 Å². The number of nitrogens with one attached hydrogen (secondary N) is 2. The van der Waals surface area contributed by atoms with E-state index in [4.69, 9.17) is 14.2 Å². The number of ether oxygens (including phenoxy) is 3. The molecular weight excluding hydrogens is 817 g/mol. The number of aliphatic hydroxyl groups is 2. The first kappa shape index (κ1) is 43.8. The maximum Gasteiger partial charge on any atom is 0.329 e. The number of rotatable bonds is 13. The third-order valence-corrected chi connectivity index (χ3v) is 12.5. The number of cyclic esters (lactones) is 1. The Morgan fingerprint density at radius 1 is 0.781 bits per heavy atom. The zero-order chi connectivity index (χ0) is 45.1. The molecule has 1 spiro atoms. The summed E-state index contributed by atoms with van der Waals surface area (Å²) in [5.74, 6) is -4.64. The van der Waals surface area contributed by atoms with Crippen LogP contribution in [0.5, 0.6) is 5.75 Å². The lowest BCUT2D eigenvalue weighted by Crippen LogP contribution is -2.58. The van der Waals surface area contributed by atoms with Crippen LogP contribution in [-0.2, 0) is 34.1 Å². The lowest BCUT2D eigenvalue weighted by molar-refractivity contribution is -0.178. The van der Waals surface area contributed by atoms with E-state index in [1.165, 1.54) is 7.11 Å². The van der Waals surface area contributed by atoms with Crippen LogP contribution in [0.15, 0.2) is 140 Å². The molecule has 4 amide bonds. The monoisotopic (exact) mass is 866 g/mol. The molecule has 0 radical (unpaired) electrons. The standard InChI is InChI=1S/C50H50N4O10/c1-30(2)40(46(58)62-3)52-49(61)53-37-22-14-13-21-36(37)50(48(53)60)39(45(57)51-29-38(56)31-15-7-4-8-16-31)42-47(59)64-43(33-19-11-6-12-20-33)41(32-17-9-5-10-18-32)54(42)44(50)34-23-25-35(26-24-34)63-28-27-55/h4-26,30,38-44,55-56H,27-29H2,1-3H3,(H,51,57)(H,52,61)/t38-,39-,40-,41-,42-,43+,44+,50-/m0/s1. The van der Waals surface area contributed by atoms with E-state index in [1.807, 2.05) is 65.6 Å². The Labute approximate surface area is 370 Å². The predicted octanol–water partition coefficient (Wildman–Crippen LogP) is 5.48. The van der Waals surface area contributed by atoms with Crippen LogP contribution in [0, 0.1) is 11.8 Å². The number of nitrogens with zero attached hydrogens (tertiary/aromatic N) is 2. The maximum absolute atomic E-state index is 16.2. The highest BCUT2D eigenvalue weighted by atomic mass is 16.6. The van der Waals surface area contributed by atoms with Crippen molar-refractivity contribution in [3.63, 3.8) is 0 Å². The van der Waals surface area contributed by atoms with Gasteiger partial charge in [0.2, 0.25) is 11.8 Å². The van der Waals surface area contributed by atoms with E-state index in [-0.39, 0.29) is 31.0 Å². The molecule has 0 saturated carbocycles. The minimum atomic E-state index is -2.04. The van der Waals surface area contributed by atoms with Gasteiger partial charge in [-0.05, 0) is 51.9 Å². The summed E-state index contributed by atoms with van der Waals surface area (Å²) in [5.41, 5.74) is 0.834. The van der Waals surface area contributed by atoms with Gasteiger partial charge in [0.15, 0.2) is 0 Å². The van der Waals surface area contributed by atoms with Crippen molar-refractivity contribution in [1.29, 1.82) is 0 Å². The highest BCUT2D eigenvalue weighted by molar-refractivity contribution is 6.25. The summed E-state index contributed by atoms with van der Waals surface area (Å²) in [6.07, 6.45) is -2.09. The molecule has 5 aromatic carbocycles. The molecule has 8 rings (SSSR count). The first-order chi connectivity index (χ1) is 31.0. The molecule has 0 aliphatic carbocycles. The number of imide groups is 1. The lowest BCUT2D eigenvalue weighted by atomic mass is 9.65. The third kappa shape index (κ3) is 7.67. The largest absolute Gasteiger partial charge is 0.491 e. The van der Waals surface area contributed by atoms with Crippen molar-refractivity contribution in [3.05, 3.63) is 167 Å². The number of urea groups is 1. The Balaban J connectivity index is 1.38. The molecule has 3 aliphatic rings. The summed E-state index contributed by atoms with van der Waals surface area (Å²) in [6.45, 7) is 2.98.